The molecular weight excluding hydrogens is 158 g/mol. The first-order valence-electron chi connectivity index (χ1n) is 3.75. The molecule has 0 bridgehead atoms. The van der Waals surface area contributed by atoms with Crippen LogP contribution in [-0.2, 0) is 4.74 Å². The van der Waals surface area contributed by atoms with Crippen molar-refractivity contribution >= 4 is 0 Å². The number of ether oxygens (including phenoxy) is 1. The zero-order chi connectivity index (χ0) is 8.93. The highest BCUT2D eigenvalue weighted by atomic mass is 16.6. The Balaban J connectivity index is 2.32. The zero-order valence-corrected chi connectivity index (χ0v) is 6.56. The van der Waals surface area contributed by atoms with Gasteiger partial charge in [-0.25, -0.2) is 4.85 Å². The largest absolute Gasteiger partial charge is 0.390 e. The average Bonchev–Trinajstić information content (AvgIpc) is 2.74. The predicted octanol–water partition coefficient (Wildman–Crippen LogP) is -0.318. The van der Waals surface area contributed by atoms with Gasteiger partial charge < -0.3 is 14.9 Å². The van der Waals surface area contributed by atoms with Crippen molar-refractivity contribution in [3.8, 4) is 0 Å². The van der Waals surface area contributed by atoms with Gasteiger partial charge in [0.1, 0.15) is 17.8 Å². The third-order valence-electron chi connectivity index (χ3n) is 2.42. The Morgan fingerprint density at radius 2 is 2.50 bits per heavy atom. The van der Waals surface area contributed by atoms with Gasteiger partial charge in [0.2, 0.25) is 0 Å². The fourth-order valence-corrected chi connectivity index (χ4v) is 1.54. The molecule has 0 saturated carbocycles. The second-order valence-electron chi connectivity index (χ2n) is 3.22. The van der Waals surface area contributed by atoms with E-state index in [-0.39, 0.29) is 6.10 Å². The number of epoxide rings is 1. The summed E-state index contributed by atoms with van der Waals surface area (Å²) < 4.78 is 5.04. The van der Waals surface area contributed by atoms with Crippen LogP contribution >= 0.6 is 0 Å². The highest BCUT2D eigenvalue weighted by molar-refractivity contribution is 5.39. The summed E-state index contributed by atoms with van der Waals surface area (Å²) >= 11 is 0. The molecule has 4 atom stereocenters. The fraction of sp³-hybridized carbons (Fsp3) is 0.625. The van der Waals surface area contributed by atoms with Crippen molar-refractivity contribution in [2.45, 2.75) is 30.8 Å². The van der Waals surface area contributed by atoms with E-state index in [1.807, 2.05) is 0 Å². The van der Waals surface area contributed by atoms with Gasteiger partial charge in [0.15, 0.2) is 5.70 Å². The summed E-state index contributed by atoms with van der Waals surface area (Å²) in [5.41, 5.74) is -0.937. The van der Waals surface area contributed by atoms with Gasteiger partial charge in [-0.05, 0) is 13.0 Å². The molecule has 1 heterocycles. The molecule has 0 radical (unpaired) electrons. The summed E-state index contributed by atoms with van der Waals surface area (Å²) in [5.74, 6) is 0. The highest BCUT2D eigenvalue weighted by Gasteiger charge is 2.62. The maximum Gasteiger partial charge on any atom is 0.195 e. The molecular formula is C8H9NO3. The number of hydrogen-bond acceptors (Lipinski definition) is 3. The van der Waals surface area contributed by atoms with Gasteiger partial charge in [0.25, 0.3) is 0 Å². The second-order valence-corrected chi connectivity index (χ2v) is 3.22. The van der Waals surface area contributed by atoms with Crippen molar-refractivity contribution in [2.75, 3.05) is 0 Å². The summed E-state index contributed by atoms with van der Waals surface area (Å²) in [7, 11) is 0. The molecule has 2 aliphatic rings. The van der Waals surface area contributed by atoms with Crippen LogP contribution in [0.3, 0.4) is 0 Å². The van der Waals surface area contributed by atoms with Crippen LogP contribution < -0.4 is 0 Å². The Kier molecular flexibility index (Phi) is 1.34. The van der Waals surface area contributed by atoms with Crippen molar-refractivity contribution in [3.63, 3.8) is 0 Å². The number of nitrogens with zero attached hydrogens (tertiary/aromatic N) is 1. The van der Waals surface area contributed by atoms with E-state index in [4.69, 9.17) is 11.3 Å². The minimum Gasteiger partial charge on any atom is -0.390 e. The number of fused-ring (bicyclic) bond motifs is 1. The molecule has 0 spiro atoms. The van der Waals surface area contributed by atoms with E-state index in [2.05, 4.69) is 4.85 Å². The topological polar surface area (TPSA) is 57.4 Å². The molecule has 0 aromatic heterocycles. The predicted molar refractivity (Wildman–Crippen MR) is 40.0 cm³/mol. The molecule has 0 aromatic rings. The van der Waals surface area contributed by atoms with Gasteiger partial charge in [0, 0.05) is 0 Å². The molecule has 12 heavy (non-hydrogen) atoms. The number of hydrogen-bond donors (Lipinski definition) is 2. The Morgan fingerprint density at radius 3 is 2.83 bits per heavy atom. The van der Waals surface area contributed by atoms with E-state index in [0.717, 1.165) is 0 Å². The molecule has 0 amide bonds. The maximum absolute atomic E-state index is 9.79. The quantitative estimate of drug-likeness (QED) is 0.416. The van der Waals surface area contributed by atoms with Crippen LogP contribution in [-0.4, -0.2) is 34.1 Å². The lowest BCUT2D eigenvalue weighted by atomic mass is 9.97. The van der Waals surface area contributed by atoms with E-state index >= 15 is 0 Å². The molecule has 1 aliphatic heterocycles. The first kappa shape index (κ1) is 7.74. The van der Waals surface area contributed by atoms with Crippen LogP contribution in [0.15, 0.2) is 11.8 Å². The van der Waals surface area contributed by atoms with Crippen LogP contribution in [0, 0.1) is 6.57 Å². The molecule has 1 saturated heterocycles. The summed E-state index contributed by atoms with van der Waals surface area (Å²) in [6.45, 7) is 8.25. The SMILES string of the molecule is [C-]#[N+]C1=C[C@@](O)([C@@H](C)O)[C@@H]2O[C@H]12. The third-order valence-corrected chi connectivity index (χ3v) is 2.42. The van der Waals surface area contributed by atoms with Crippen molar-refractivity contribution in [1.29, 1.82) is 0 Å². The van der Waals surface area contributed by atoms with Gasteiger partial charge in [-0.15, -0.1) is 0 Å². The second kappa shape index (κ2) is 2.07. The Morgan fingerprint density at radius 1 is 1.83 bits per heavy atom. The first-order chi connectivity index (χ1) is 5.59. The zero-order valence-electron chi connectivity index (χ0n) is 6.56. The van der Waals surface area contributed by atoms with Crippen LogP contribution in [0.1, 0.15) is 6.92 Å². The van der Waals surface area contributed by atoms with Crippen LogP contribution in [0.5, 0.6) is 0 Å². The third kappa shape index (κ3) is 0.758. The Bertz CT molecular complexity index is 291. The summed E-state index contributed by atoms with van der Waals surface area (Å²) in [6, 6.07) is 0. The lowest BCUT2D eigenvalue weighted by molar-refractivity contribution is -0.0462. The van der Waals surface area contributed by atoms with Crippen LogP contribution in [0.4, 0.5) is 0 Å². The summed E-state index contributed by atoms with van der Waals surface area (Å²) in [6.07, 6.45) is -0.167. The smallest absolute Gasteiger partial charge is 0.195 e. The van der Waals surface area contributed by atoms with Gasteiger partial charge in [-0.3, -0.25) is 0 Å². The van der Waals surface area contributed by atoms with Crippen LogP contribution in [0.25, 0.3) is 4.85 Å². The standard InChI is InChI=1S/C8H9NO3/c1-4(10)8(11)3-5(9-2)6-7(8)12-6/h3-4,6-7,10-11H,1H3/t4-,6-,7-,8-/m1/s1. The number of aliphatic hydroxyl groups is 2. The van der Waals surface area contributed by atoms with Crippen molar-refractivity contribution in [3.05, 3.63) is 23.2 Å². The van der Waals surface area contributed by atoms with Gasteiger partial charge >= 0.3 is 0 Å². The lowest BCUT2D eigenvalue weighted by Crippen LogP contribution is -2.42. The average molecular weight is 167 g/mol. The van der Waals surface area contributed by atoms with E-state index < -0.39 is 17.8 Å². The van der Waals surface area contributed by atoms with Crippen molar-refractivity contribution in [2.24, 2.45) is 0 Å². The molecule has 2 N–H and O–H groups in total. The maximum atomic E-state index is 9.79. The molecule has 4 heteroatoms. The molecule has 0 unspecified atom stereocenters. The Labute approximate surface area is 69.9 Å². The molecule has 64 valence electrons. The van der Waals surface area contributed by atoms with Gasteiger partial charge in [-0.1, -0.05) is 0 Å². The monoisotopic (exact) mass is 167 g/mol. The molecule has 4 nitrogen and oxygen atoms in total. The van der Waals surface area contributed by atoms with E-state index in [0.29, 0.717) is 5.70 Å². The van der Waals surface area contributed by atoms with E-state index in [1.54, 1.807) is 0 Å². The molecule has 0 aromatic carbocycles. The lowest BCUT2D eigenvalue weighted by Gasteiger charge is -2.24. The fourth-order valence-electron chi connectivity index (χ4n) is 1.54. The van der Waals surface area contributed by atoms with Crippen molar-refractivity contribution < 1.29 is 14.9 Å². The normalized spacial score (nSPS) is 46.0. The van der Waals surface area contributed by atoms with Crippen molar-refractivity contribution in [1.82, 2.24) is 0 Å². The number of rotatable bonds is 1. The summed E-state index contributed by atoms with van der Waals surface area (Å²) in [5, 5.41) is 19.0. The Hall–Kier alpha value is -0.890. The minimum atomic E-state index is -1.34. The minimum absolute atomic E-state index is 0.276. The van der Waals surface area contributed by atoms with Gasteiger partial charge in [0.05, 0.1) is 12.7 Å². The van der Waals surface area contributed by atoms with E-state index in [1.165, 1.54) is 13.0 Å². The van der Waals surface area contributed by atoms with Crippen LogP contribution in [0.2, 0.25) is 0 Å². The first-order valence-corrected chi connectivity index (χ1v) is 3.75. The highest BCUT2D eigenvalue weighted by Crippen LogP contribution is 2.47. The molecule has 1 aliphatic carbocycles. The molecule has 1 fully saturated rings. The van der Waals surface area contributed by atoms with Gasteiger partial charge in [-0.2, -0.15) is 0 Å². The summed E-state index contributed by atoms with van der Waals surface area (Å²) in [4.78, 5) is 3.20. The van der Waals surface area contributed by atoms with E-state index in [9.17, 15) is 10.2 Å². The molecule has 2 rings (SSSR count). The number of aliphatic hydroxyl groups excluding tert-OH is 1.